The summed E-state index contributed by atoms with van der Waals surface area (Å²) in [6.07, 6.45) is 46.2. The number of carboxylic acids is 3. The SMILES string of the molecule is [CH2]C(CC(CCCCCCCCCCCCCC(C)C)C(=O)O)(CC(CCCCCCCCCCCCCC(C)C)C(=O)O)CC(CCCCCCCCCCCCCC(C)C)C(=O)O. The summed E-state index contributed by atoms with van der Waals surface area (Å²) < 4.78 is 0. The van der Waals surface area contributed by atoms with Crippen molar-refractivity contribution in [3.05, 3.63) is 6.92 Å². The molecule has 0 aromatic heterocycles. The fourth-order valence-electron chi connectivity index (χ4n) is 10.4. The van der Waals surface area contributed by atoms with Crippen LogP contribution in [0.1, 0.15) is 311 Å². The summed E-state index contributed by atoms with van der Waals surface area (Å²) in [5, 5.41) is 31.4. The fourth-order valence-corrected chi connectivity index (χ4v) is 10.4. The van der Waals surface area contributed by atoms with E-state index in [0.29, 0.717) is 19.3 Å². The molecule has 3 atom stereocenters. The maximum atomic E-state index is 12.8. The minimum Gasteiger partial charge on any atom is -0.481 e. The molecule has 0 aliphatic heterocycles. The second kappa shape index (κ2) is 43.7. The van der Waals surface area contributed by atoms with Gasteiger partial charge in [-0.25, -0.2) is 0 Å². The summed E-state index contributed by atoms with van der Waals surface area (Å²) >= 11 is 0. The van der Waals surface area contributed by atoms with Gasteiger partial charge in [-0.2, -0.15) is 0 Å². The van der Waals surface area contributed by atoms with Crippen molar-refractivity contribution in [1.29, 1.82) is 0 Å². The summed E-state index contributed by atoms with van der Waals surface area (Å²) in [5.41, 5.74) is -0.923. The van der Waals surface area contributed by atoms with Crippen LogP contribution < -0.4 is 0 Å². The average Bonchev–Trinajstić information content (AvgIpc) is 3.23. The predicted molar refractivity (Wildman–Crippen MR) is 280 cm³/mol. The molecule has 0 saturated carbocycles. The highest BCUT2D eigenvalue weighted by Gasteiger charge is 2.39. The molecule has 65 heavy (non-hydrogen) atoms. The molecule has 0 aromatic carbocycles. The van der Waals surface area contributed by atoms with Crippen LogP contribution >= 0.6 is 0 Å². The summed E-state index contributed by atoms with van der Waals surface area (Å²) in [6, 6.07) is 0. The summed E-state index contributed by atoms with van der Waals surface area (Å²) in [6.45, 7) is 18.4. The largest absolute Gasteiger partial charge is 0.481 e. The van der Waals surface area contributed by atoms with Gasteiger partial charge in [-0.3, -0.25) is 14.4 Å². The smallest absolute Gasteiger partial charge is 0.306 e. The van der Waals surface area contributed by atoms with E-state index >= 15 is 0 Å². The van der Waals surface area contributed by atoms with Crippen LogP contribution in [0.3, 0.4) is 0 Å². The van der Waals surface area contributed by atoms with Crippen molar-refractivity contribution in [3.8, 4) is 0 Å². The van der Waals surface area contributed by atoms with Gasteiger partial charge in [0.25, 0.3) is 0 Å². The molecule has 0 spiro atoms. The number of unbranched alkanes of at least 4 members (excludes halogenated alkanes) is 30. The molecule has 0 saturated heterocycles. The first-order valence-electron chi connectivity index (χ1n) is 28.7. The number of hydrogen-bond donors (Lipinski definition) is 3. The number of carbonyl (C=O) groups is 3. The zero-order chi connectivity index (χ0) is 48.4. The van der Waals surface area contributed by atoms with Gasteiger partial charge in [-0.15, -0.1) is 0 Å². The first-order valence-corrected chi connectivity index (χ1v) is 28.7. The van der Waals surface area contributed by atoms with Gasteiger partial charge in [0, 0.05) is 0 Å². The van der Waals surface area contributed by atoms with Gasteiger partial charge in [0.1, 0.15) is 0 Å². The number of aliphatic carboxylic acids is 3. The summed E-state index contributed by atoms with van der Waals surface area (Å²) in [7, 11) is 0. The number of rotatable bonds is 51. The van der Waals surface area contributed by atoms with Crippen LogP contribution in [-0.4, -0.2) is 33.2 Å². The van der Waals surface area contributed by atoms with Gasteiger partial charge in [0.05, 0.1) is 17.8 Å². The van der Waals surface area contributed by atoms with Crippen molar-refractivity contribution in [2.24, 2.45) is 40.9 Å². The Labute approximate surface area is 405 Å². The van der Waals surface area contributed by atoms with Gasteiger partial charge in [-0.05, 0) is 68.6 Å². The summed E-state index contributed by atoms with van der Waals surface area (Å²) in [4.78, 5) is 38.3. The predicted octanol–water partition coefficient (Wildman–Crippen LogP) is 19.3. The third kappa shape index (κ3) is 42.3. The standard InChI is InChI=1S/C59H113O6/c1-50(2)41-35-29-23-17-11-8-14-20-26-32-38-44-53(56(60)61)47-59(7,48-54(57(62)63)45-39-33-27-21-15-9-12-18-24-30-36-42-51(3)4)49-55(58(64)65)46-40-34-28-22-16-10-13-19-25-31-37-43-52(5)6/h50-55H,7-49H2,1-6H3,(H,60,61)(H,62,63)(H,64,65). The van der Waals surface area contributed by atoms with Gasteiger partial charge in [0.15, 0.2) is 0 Å². The van der Waals surface area contributed by atoms with E-state index in [-0.39, 0.29) is 19.3 Å². The second-order valence-corrected chi connectivity index (χ2v) is 22.8. The van der Waals surface area contributed by atoms with Crippen molar-refractivity contribution in [1.82, 2.24) is 0 Å². The quantitative estimate of drug-likeness (QED) is 0.0524. The lowest BCUT2D eigenvalue weighted by atomic mass is 9.67. The molecule has 3 unspecified atom stereocenters. The fraction of sp³-hybridized carbons (Fsp3) is 0.932. The van der Waals surface area contributed by atoms with Crippen molar-refractivity contribution >= 4 is 17.9 Å². The third-order valence-electron chi connectivity index (χ3n) is 14.6. The topological polar surface area (TPSA) is 112 Å². The van der Waals surface area contributed by atoms with E-state index < -0.39 is 41.1 Å². The van der Waals surface area contributed by atoms with E-state index in [0.717, 1.165) is 75.5 Å². The van der Waals surface area contributed by atoms with E-state index in [9.17, 15) is 29.7 Å². The zero-order valence-corrected chi connectivity index (χ0v) is 44.4. The molecule has 3 N–H and O–H groups in total. The highest BCUT2D eigenvalue weighted by Crippen LogP contribution is 2.43. The number of carboxylic acid groups (broad SMARTS) is 3. The maximum Gasteiger partial charge on any atom is 0.306 e. The highest BCUT2D eigenvalue weighted by molar-refractivity contribution is 5.72. The monoisotopic (exact) mass is 918 g/mol. The Balaban J connectivity index is 5.17. The molecular formula is C59H113O6. The van der Waals surface area contributed by atoms with Gasteiger partial charge < -0.3 is 15.3 Å². The first kappa shape index (κ1) is 63.4. The molecule has 0 rings (SSSR count). The molecule has 6 heteroatoms. The normalized spacial score (nSPS) is 14.3. The average molecular weight is 919 g/mol. The lowest BCUT2D eigenvalue weighted by Gasteiger charge is -2.36. The van der Waals surface area contributed by atoms with E-state index in [4.69, 9.17) is 0 Å². The first-order chi connectivity index (χ1) is 31.2. The van der Waals surface area contributed by atoms with Crippen molar-refractivity contribution in [2.75, 3.05) is 0 Å². The molecule has 0 amide bonds. The van der Waals surface area contributed by atoms with Crippen molar-refractivity contribution in [2.45, 2.75) is 311 Å². The van der Waals surface area contributed by atoms with Crippen LogP contribution in [-0.2, 0) is 14.4 Å². The third-order valence-corrected chi connectivity index (χ3v) is 14.6. The van der Waals surface area contributed by atoms with E-state index in [1.807, 2.05) is 0 Å². The van der Waals surface area contributed by atoms with Gasteiger partial charge >= 0.3 is 17.9 Å². The van der Waals surface area contributed by atoms with Crippen LogP contribution in [0.15, 0.2) is 0 Å². The second-order valence-electron chi connectivity index (χ2n) is 22.8. The van der Waals surface area contributed by atoms with Crippen molar-refractivity contribution < 1.29 is 29.7 Å². The van der Waals surface area contributed by atoms with E-state index in [1.165, 1.54) is 173 Å². The molecule has 0 heterocycles. The molecule has 385 valence electrons. The molecular weight excluding hydrogens is 805 g/mol. The lowest BCUT2D eigenvalue weighted by Crippen LogP contribution is -2.34. The number of hydrogen-bond acceptors (Lipinski definition) is 3. The summed E-state index contributed by atoms with van der Waals surface area (Å²) in [5.74, 6) is -2.11. The Kier molecular flexibility index (Phi) is 42.6. The Hall–Kier alpha value is -1.59. The lowest BCUT2D eigenvalue weighted by molar-refractivity contribution is -0.145. The Morgan fingerprint density at radius 2 is 0.431 bits per heavy atom. The molecule has 0 bridgehead atoms. The van der Waals surface area contributed by atoms with Gasteiger partial charge in [-0.1, -0.05) is 273 Å². The van der Waals surface area contributed by atoms with Crippen LogP contribution in [0.2, 0.25) is 0 Å². The van der Waals surface area contributed by atoms with Crippen LogP contribution in [0.4, 0.5) is 0 Å². The van der Waals surface area contributed by atoms with Crippen LogP contribution in [0.25, 0.3) is 0 Å². The van der Waals surface area contributed by atoms with E-state index in [2.05, 4.69) is 48.5 Å². The Morgan fingerprint density at radius 1 is 0.292 bits per heavy atom. The van der Waals surface area contributed by atoms with Crippen LogP contribution in [0.5, 0.6) is 0 Å². The van der Waals surface area contributed by atoms with Gasteiger partial charge in [0.2, 0.25) is 0 Å². The van der Waals surface area contributed by atoms with E-state index in [1.54, 1.807) is 0 Å². The molecule has 1 radical (unpaired) electrons. The Bertz CT molecular complexity index is 952. The highest BCUT2D eigenvalue weighted by atomic mass is 16.4. The Morgan fingerprint density at radius 3 is 0.569 bits per heavy atom. The van der Waals surface area contributed by atoms with Crippen molar-refractivity contribution in [3.63, 3.8) is 0 Å². The molecule has 0 aliphatic rings. The zero-order valence-electron chi connectivity index (χ0n) is 44.4. The minimum atomic E-state index is -0.923. The molecule has 0 fully saturated rings. The van der Waals surface area contributed by atoms with Crippen LogP contribution in [0, 0.1) is 47.8 Å². The minimum absolute atomic E-state index is 0.239. The maximum absolute atomic E-state index is 12.8. The molecule has 0 aliphatic carbocycles. The molecule has 6 nitrogen and oxygen atoms in total. The molecule has 0 aromatic rings.